The van der Waals surface area contributed by atoms with Crippen molar-refractivity contribution < 1.29 is 0 Å². The lowest BCUT2D eigenvalue weighted by atomic mass is 9.83. The third kappa shape index (κ3) is 5.21. The van der Waals surface area contributed by atoms with E-state index in [-0.39, 0.29) is 0 Å². The maximum atomic E-state index is 5.37. The molecule has 0 fully saturated rings. The van der Waals surface area contributed by atoms with Crippen molar-refractivity contribution in [1.29, 1.82) is 0 Å². The fraction of sp³-hybridized carbons (Fsp3) is 0. The summed E-state index contributed by atoms with van der Waals surface area (Å²) in [6.45, 7) is 0. The molecule has 58 heavy (non-hydrogen) atoms. The minimum Gasteiger partial charge on any atom is -0.247 e. The van der Waals surface area contributed by atoms with E-state index in [1.54, 1.807) is 0 Å². The Labute approximate surface area is 336 Å². The van der Waals surface area contributed by atoms with Gasteiger partial charge < -0.3 is 0 Å². The lowest BCUT2D eigenvalue weighted by Gasteiger charge is -2.20. The summed E-state index contributed by atoms with van der Waals surface area (Å²) in [5, 5.41) is 15.8. The van der Waals surface area contributed by atoms with E-state index < -0.39 is 0 Å². The molecule has 0 N–H and O–H groups in total. The number of nitrogens with zero attached hydrogens (tertiary/aromatic N) is 1. The molecule has 0 aliphatic carbocycles. The van der Waals surface area contributed by atoms with Gasteiger partial charge in [-0.15, -0.1) is 0 Å². The number of benzene rings is 11. The summed E-state index contributed by atoms with van der Waals surface area (Å²) in [4.78, 5) is 5.37. The van der Waals surface area contributed by atoms with Crippen LogP contribution < -0.4 is 0 Å². The third-order valence-electron chi connectivity index (χ3n) is 12.2. The second-order valence-electron chi connectivity index (χ2n) is 15.5. The van der Waals surface area contributed by atoms with Gasteiger partial charge in [0.2, 0.25) is 0 Å². The van der Waals surface area contributed by atoms with Gasteiger partial charge >= 0.3 is 0 Å². The number of fused-ring (bicyclic) bond motifs is 8. The molecule has 0 aliphatic rings. The lowest BCUT2D eigenvalue weighted by molar-refractivity contribution is 1.42. The van der Waals surface area contributed by atoms with Crippen LogP contribution in [0.25, 0.3) is 120 Å². The van der Waals surface area contributed by atoms with Gasteiger partial charge in [-0.3, -0.25) is 0 Å². The van der Waals surface area contributed by atoms with Gasteiger partial charge in [0.15, 0.2) is 0 Å². The van der Waals surface area contributed by atoms with Crippen molar-refractivity contribution in [3.63, 3.8) is 0 Å². The van der Waals surface area contributed by atoms with Crippen LogP contribution in [0.5, 0.6) is 0 Å². The molecule has 1 nitrogen and oxygen atoms in total. The highest BCUT2D eigenvalue weighted by atomic mass is 14.7. The van der Waals surface area contributed by atoms with E-state index in [0.29, 0.717) is 0 Å². The predicted octanol–water partition coefficient (Wildman–Crippen LogP) is 15.8. The van der Waals surface area contributed by atoms with Crippen LogP contribution in [0, 0.1) is 0 Å². The molecule has 0 atom stereocenters. The van der Waals surface area contributed by atoms with E-state index in [9.17, 15) is 0 Å². The standard InChI is InChI=1S/C57H35N/c1-3-14-41-32-45(24-20-36(41)10-1)55-51-30-27-44(54-31-28-40-23-22-39-13-6-8-18-49(39)57(40)58-54)35-53(51)56(46-25-21-37-11-2-4-15-42(37)33-46)50-29-26-43(34-52(50)55)48-19-9-16-38-12-5-7-17-47(38)48/h1-35H. The van der Waals surface area contributed by atoms with Crippen LogP contribution in [0.4, 0.5) is 0 Å². The highest BCUT2D eigenvalue weighted by Crippen LogP contribution is 2.47. The average molecular weight is 734 g/mol. The minimum absolute atomic E-state index is 0.967. The second-order valence-corrected chi connectivity index (χ2v) is 15.5. The summed E-state index contributed by atoms with van der Waals surface area (Å²) in [6, 6.07) is 78.0. The normalized spacial score (nSPS) is 11.8. The predicted molar refractivity (Wildman–Crippen MR) is 249 cm³/mol. The largest absolute Gasteiger partial charge is 0.247 e. The first-order chi connectivity index (χ1) is 28.7. The van der Waals surface area contributed by atoms with E-state index in [2.05, 4.69) is 212 Å². The molecule has 0 spiro atoms. The van der Waals surface area contributed by atoms with Crippen LogP contribution in [0.15, 0.2) is 212 Å². The molecule has 11 aromatic carbocycles. The van der Waals surface area contributed by atoms with Crippen molar-refractivity contribution >= 4 is 75.5 Å². The molecule has 0 radical (unpaired) electrons. The Bertz CT molecular complexity index is 3630. The van der Waals surface area contributed by atoms with Crippen LogP contribution in [0.3, 0.4) is 0 Å². The van der Waals surface area contributed by atoms with Gasteiger partial charge in [0.25, 0.3) is 0 Å². The highest BCUT2D eigenvalue weighted by Gasteiger charge is 2.20. The molecule has 12 rings (SSSR count). The average Bonchev–Trinajstić information content (AvgIpc) is 3.29. The monoisotopic (exact) mass is 733 g/mol. The molecule has 1 aromatic heterocycles. The van der Waals surface area contributed by atoms with Crippen molar-refractivity contribution in [3.8, 4) is 44.6 Å². The van der Waals surface area contributed by atoms with E-state index in [4.69, 9.17) is 4.98 Å². The van der Waals surface area contributed by atoms with E-state index in [1.807, 2.05) is 0 Å². The Kier molecular flexibility index (Phi) is 7.30. The van der Waals surface area contributed by atoms with Crippen LogP contribution in [-0.2, 0) is 0 Å². The van der Waals surface area contributed by atoms with E-state index in [0.717, 1.165) is 22.2 Å². The maximum Gasteiger partial charge on any atom is 0.0787 e. The van der Waals surface area contributed by atoms with Crippen molar-refractivity contribution in [2.75, 3.05) is 0 Å². The number of rotatable bonds is 4. The summed E-state index contributed by atoms with van der Waals surface area (Å²) in [7, 11) is 0. The van der Waals surface area contributed by atoms with Crippen molar-refractivity contribution in [1.82, 2.24) is 4.98 Å². The minimum atomic E-state index is 0.967. The summed E-state index contributed by atoms with van der Waals surface area (Å²) in [5.41, 5.74) is 10.4. The fourth-order valence-corrected chi connectivity index (χ4v) is 9.36. The second kappa shape index (κ2) is 13.0. The van der Waals surface area contributed by atoms with Crippen LogP contribution in [0.1, 0.15) is 0 Å². The number of pyridine rings is 1. The van der Waals surface area contributed by atoms with Crippen molar-refractivity contribution in [2.45, 2.75) is 0 Å². The SMILES string of the molecule is c1ccc2cc(-c3c4ccc(-c5cccc6ccccc56)cc4c(-c4ccc5ccccc5c4)c4ccc(-c5ccc6ccc7ccccc7c6n5)cc34)ccc2c1. The summed E-state index contributed by atoms with van der Waals surface area (Å²) >= 11 is 0. The molecule has 0 saturated heterocycles. The molecule has 0 bridgehead atoms. The van der Waals surface area contributed by atoms with Gasteiger partial charge in [-0.2, -0.15) is 0 Å². The summed E-state index contributed by atoms with van der Waals surface area (Å²) in [5.74, 6) is 0. The van der Waals surface area contributed by atoms with Crippen LogP contribution >= 0.6 is 0 Å². The first-order valence-corrected chi connectivity index (χ1v) is 20.0. The molecular formula is C57H35N. The fourth-order valence-electron chi connectivity index (χ4n) is 9.36. The summed E-state index contributed by atoms with van der Waals surface area (Å²) < 4.78 is 0. The zero-order chi connectivity index (χ0) is 38.2. The number of hydrogen-bond donors (Lipinski definition) is 0. The Morgan fingerprint density at radius 1 is 0.241 bits per heavy atom. The van der Waals surface area contributed by atoms with Gasteiger partial charge in [0.1, 0.15) is 0 Å². The zero-order valence-corrected chi connectivity index (χ0v) is 31.7. The molecular weight excluding hydrogens is 699 g/mol. The van der Waals surface area contributed by atoms with Gasteiger partial charge in [-0.05, 0) is 123 Å². The van der Waals surface area contributed by atoms with Gasteiger partial charge in [0.05, 0.1) is 11.2 Å². The lowest BCUT2D eigenvalue weighted by Crippen LogP contribution is -1.94. The van der Waals surface area contributed by atoms with Crippen LogP contribution in [0.2, 0.25) is 0 Å². The molecule has 0 saturated carbocycles. The smallest absolute Gasteiger partial charge is 0.0787 e. The Balaban J connectivity index is 1.20. The van der Waals surface area contributed by atoms with E-state index in [1.165, 1.54) is 98.0 Å². The van der Waals surface area contributed by atoms with Gasteiger partial charge in [0, 0.05) is 16.3 Å². The zero-order valence-electron chi connectivity index (χ0n) is 31.7. The topological polar surface area (TPSA) is 12.9 Å². The molecule has 12 aromatic rings. The molecule has 0 unspecified atom stereocenters. The first kappa shape index (κ1) is 32.6. The van der Waals surface area contributed by atoms with Gasteiger partial charge in [-0.25, -0.2) is 4.98 Å². The number of hydrogen-bond acceptors (Lipinski definition) is 1. The third-order valence-corrected chi connectivity index (χ3v) is 12.2. The van der Waals surface area contributed by atoms with Crippen molar-refractivity contribution in [2.24, 2.45) is 0 Å². The Hall–Kier alpha value is -7.61. The molecule has 0 aliphatic heterocycles. The molecule has 1 heterocycles. The molecule has 0 amide bonds. The Morgan fingerprint density at radius 2 is 0.707 bits per heavy atom. The maximum absolute atomic E-state index is 5.37. The van der Waals surface area contributed by atoms with Crippen LogP contribution in [-0.4, -0.2) is 4.98 Å². The Morgan fingerprint density at radius 3 is 1.38 bits per heavy atom. The number of aromatic nitrogens is 1. The van der Waals surface area contributed by atoms with Gasteiger partial charge in [-0.1, -0.05) is 182 Å². The molecule has 268 valence electrons. The van der Waals surface area contributed by atoms with Crippen molar-refractivity contribution in [3.05, 3.63) is 212 Å². The molecule has 1 heteroatoms. The quantitative estimate of drug-likeness (QED) is 0.130. The first-order valence-electron chi connectivity index (χ1n) is 20.0. The highest BCUT2D eigenvalue weighted by molar-refractivity contribution is 6.23. The summed E-state index contributed by atoms with van der Waals surface area (Å²) in [6.07, 6.45) is 0. The van der Waals surface area contributed by atoms with E-state index >= 15 is 0 Å².